The van der Waals surface area contributed by atoms with E-state index in [0.717, 1.165) is 38.4 Å². The summed E-state index contributed by atoms with van der Waals surface area (Å²) in [5.74, 6) is 0.0240. The number of methoxy groups -OCH3 is 1. The molecule has 0 bridgehead atoms. The number of nitrogens with one attached hydrogen (secondary N) is 2. The van der Waals surface area contributed by atoms with Crippen LogP contribution in [0.1, 0.15) is 28.9 Å². The number of nitrogens with zero attached hydrogens (tertiary/aromatic N) is 2. The SMILES string of the molecule is CNc1nc(-c2ccc(OC)c(NC(=O)c3cn4c5c(cc(Br)cc5c3=O)C[C@H]4C)c2)cs1. The Morgan fingerprint density at radius 3 is 2.85 bits per heavy atom. The largest absolute Gasteiger partial charge is 0.495 e. The van der Waals surface area contributed by atoms with Crippen molar-refractivity contribution < 1.29 is 9.53 Å². The van der Waals surface area contributed by atoms with E-state index in [1.54, 1.807) is 31.5 Å². The van der Waals surface area contributed by atoms with E-state index in [9.17, 15) is 9.59 Å². The summed E-state index contributed by atoms with van der Waals surface area (Å²) in [6.45, 7) is 2.08. The number of pyridine rings is 1. The minimum absolute atomic E-state index is 0.0962. The van der Waals surface area contributed by atoms with Crippen LogP contribution in [-0.4, -0.2) is 29.6 Å². The molecule has 1 aliphatic rings. The van der Waals surface area contributed by atoms with Crippen LogP contribution in [-0.2, 0) is 6.42 Å². The number of amides is 1. The highest BCUT2D eigenvalue weighted by Gasteiger charge is 2.25. The third-order valence-electron chi connectivity index (χ3n) is 5.87. The minimum atomic E-state index is -0.476. The van der Waals surface area contributed by atoms with Crippen LogP contribution in [0.3, 0.4) is 0 Å². The molecular formula is C24H21BrN4O3S. The Kier molecular flexibility index (Phi) is 5.46. The predicted octanol–water partition coefficient (Wildman–Crippen LogP) is 5.31. The lowest BCUT2D eigenvalue weighted by atomic mass is 10.1. The lowest BCUT2D eigenvalue weighted by Gasteiger charge is -2.14. The van der Waals surface area contributed by atoms with Crippen molar-refractivity contribution in [1.29, 1.82) is 0 Å². The maximum Gasteiger partial charge on any atom is 0.261 e. The van der Waals surface area contributed by atoms with Crippen molar-refractivity contribution in [2.24, 2.45) is 0 Å². The fourth-order valence-electron chi connectivity index (χ4n) is 4.30. The Morgan fingerprint density at radius 2 is 2.12 bits per heavy atom. The number of aromatic nitrogens is 2. The van der Waals surface area contributed by atoms with Gasteiger partial charge in [-0.15, -0.1) is 11.3 Å². The number of ether oxygens (including phenoxy) is 1. The molecule has 0 fully saturated rings. The molecule has 1 atom stereocenters. The molecule has 0 spiro atoms. The molecule has 2 N–H and O–H groups in total. The van der Waals surface area contributed by atoms with Crippen LogP contribution >= 0.6 is 27.3 Å². The molecule has 7 nitrogen and oxygen atoms in total. The van der Waals surface area contributed by atoms with Gasteiger partial charge in [0.25, 0.3) is 5.91 Å². The van der Waals surface area contributed by atoms with Gasteiger partial charge in [0, 0.05) is 40.1 Å². The number of thiazole rings is 1. The summed E-state index contributed by atoms with van der Waals surface area (Å²) < 4.78 is 8.31. The number of hydrogen-bond acceptors (Lipinski definition) is 6. The highest BCUT2D eigenvalue weighted by atomic mass is 79.9. The molecule has 0 saturated heterocycles. The first-order chi connectivity index (χ1) is 15.9. The molecule has 0 saturated carbocycles. The summed E-state index contributed by atoms with van der Waals surface area (Å²) in [5.41, 5.74) is 3.91. The normalized spacial score (nSPS) is 14.5. The summed E-state index contributed by atoms with van der Waals surface area (Å²) in [6, 6.07) is 9.45. The van der Waals surface area contributed by atoms with Gasteiger partial charge in [0.2, 0.25) is 5.43 Å². The Balaban J connectivity index is 1.56. The average Bonchev–Trinajstić information content (AvgIpc) is 3.40. The van der Waals surface area contributed by atoms with Gasteiger partial charge in [-0.3, -0.25) is 9.59 Å². The van der Waals surface area contributed by atoms with Crippen LogP contribution < -0.4 is 20.8 Å². The summed E-state index contributed by atoms with van der Waals surface area (Å²) in [5, 5.41) is 9.19. The Hall–Kier alpha value is -3.17. The molecule has 168 valence electrons. The van der Waals surface area contributed by atoms with Gasteiger partial charge in [-0.25, -0.2) is 4.98 Å². The highest BCUT2D eigenvalue weighted by Crippen LogP contribution is 2.35. The van der Waals surface area contributed by atoms with Crippen molar-refractivity contribution >= 4 is 54.9 Å². The number of anilines is 2. The van der Waals surface area contributed by atoms with E-state index in [0.29, 0.717) is 16.8 Å². The van der Waals surface area contributed by atoms with Crippen molar-refractivity contribution in [1.82, 2.24) is 9.55 Å². The number of rotatable bonds is 5. The summed E-state index contributed by atoms with van der Waals surface area (Å²) in [4.78, 5) is 31.1. The molecule has 0 radical (unpaired) electrons. The first kappa shape index (κ1) is 21.7. The predicted molar refractivity (Wildman–Crippen MR) is 136 cm³/mol. The van der Waals surface area contributed by atoms with Crippen LogP contribution in [0.4, 0.5) is 10.8 Å². The third-order valence-corrected chi connectivity index (χ3v) is 7.18. The fraction of sp³-hybridized carbons (Fsp3) is 0.208. The van der Waals surface area contributed by atoms with Gasteiger partial charge < -0.3 is 19.9 Å². The molecule has 1 amide bonds. The van der Waals surface area contributed by atoms with Gasteiger partial charge in [0.15, 0.2) is 5.13 Å². The molecule has 1 aliphatic heterocycles. The molecule has 0 aliphatic carbocycles. The van der Waals surface area contributed by atoms with E-state index in [4.69, 9.17) is 4.74 Å². The second-order valence-corrected chi connectivity index (χ2v) is 9.72. The first-order valence-corrected chi connectivity index (χ1v) is 12.1. The maximum atomic E-state index is 13.3. The van der Waals surface area contributed by atoms with E-state index >= 15 is 0 Å². The standard InChI is InChI=1S/C24H21BrN4O3S/c1-12-6-14-7-15(25)9-16-21(14)29(12)10-17(22(16)30)23(31)27-18-8-13(4-5-20(18)32-3)19-11-33-24(26-2)28-19/h4-5,7-12H,6H2,1-3H3,(H,26,28)(H,27,31)/t12-/m1/s1. The Morgan fingerprint density at radius 1 is 1.30 bits per heavy atom. The number of benzene rings is 2. The number of carbonyl (C=O) groups excluding carboxylic acids is 1. The smallest absolute Gasteiger partial charge is 0.261 e. The van der Waals surface area contributed by atoms with E-state index in [2.05, 4.69) is 38.5 Å². The fourth-order valence-corrected chi connectivity index (χ4v) is 5.48. The molecule has 2 aromatic carbocycles. The van der Waals surface area contributed by atoms with Gasteiger partial charge in [0.05, 0.1) is 24.0 Å². The minimum Gasteiger partial charge on any atom is -0.495 e. The van der Waals surface area contributed by atoms with Crippen molar-refractivity contribution in [3.05, 3.63) is 67.7 Å². The second kappa shape index (κ2) is 8.31. The zero-order valence-electron chi connectivity index (χ0n) is 18.2. The summed E-state index contributed by atoms with van der Waals surface area (Å²) in [7, 11) is 3.36. The van der Waals surface area contributed by atoms with E-state index < -0.39 is 5.91 Å². The lowest BCUT2D eigenvalue weighted by Crippen LogP contribution is -2.24. The topological polar surface area (TPSA) is 85.2 Å². The first-order valence-electron chi connectivity index (χ1n) is 10.4. The third kappa shape index (κ3) is 3.71. The van der Waals surface area contributed by atoms with Gasteiger partial charge in [-0.2, -0.15) is 0 Å². The number of halogens is 1. The Labute approximate surface area is 202 Å². The van der Waals surface area contributed by atoms with Gasteiger partial charge >= 0.3 is 0 Å². The van der Waals surface area contributed by atoms with Crippen LogP contribution in [0.25, 0.3) is 22.2 Å². The monoisotopic (exact) mass is 524 g/mol. The van der Waals surface area contributed by atoms with Crippen LogP contribution in [0, 0.1) is 0 Å². The summed E-state index contributed by atoms with van der Waals surface area (Å²) in [6.07, 6.45) is 2.49. The molecule has 9 heteroatoms. The average molecular weight is 525 g/mol. The molecule has 2 aromatic heterocycles. The van der Waals surface area contributed by atoms with E-state index in [1.165, 1.54) is 11.3 Å². The van der Waals surface area contributed by atoms with E-state index in [1.807, 2.05) is 29.1 Å². The van der Waals surface area contributed by atoms with Crippen LogP contribution in [0.15, 0.2) is 51.2 Å². The Bertz CT molecular complexity index is 1480. The molecule has 5 rings (SSSR count). The van der Waals surface area contributed by atoms with Crippen molar-refractivity contribution in [3.63, 3.8) is 0 Å². The second-order valence-electron chi connectivity index (χ2n) is 7.95. The van der Waals surface area contributed by atoms with Gasteiger partial charge in [-0.05, 0) is 49.2 Å². The quantitative estimate of drug-likeness (QED) is 0.369. The van der Waals surface area contributed by atoms with Crippen molar-refractivity contribution in [3.8, 4) is 17.0 Å². The zero-order valence-corrected chi connectivity index (χ0v) is 20.6. The van der Waals surface area contributed by atoms with Gasteiger partial charge in [0.1, 0.15) is 11.3 Å². The van der Waals surface area contributed by atoms with Crippen LogP contribution in [0.5, 0.6) is 5.75 Å². The zero-order chi connectivity index (χ0) is 23.3. The van der Waals surface area contributed by atoms with Crippen molar-refractivity contribution in [2.75, 3.05) is 24.8 Å². The maximum absolute atomic E-state index is 13.3. The number of hydrogen-bond donors (Lipinski definition) is 2. The van der Waals surface area contributed by atoms with Crippen molar-refractivity contribution in [2.45, 2.75) is 19.4 Å². The molecule has 33 heavy (non-hydrogen) atoms. The molecule has 0 unspecified atom stereocenters. The molecule has 3 heterocycles. The number of carbonyl (C=O) groups is 1. The molecular weight excluding hydrogens is 504 g/mol. The van der Waals surface area contributed by atoms with Crippen LogP contribution in [0.2, 0.25) is 0 Å². The van der Waals surface area contributed by atoms with Gasteiger partial charge in [-0.1, -0.05) is 15.9 Å². The highest BCUT2D eigenvalue weighted by molar-refractivity contribution is 9.10. The lowest BCUT2D eigenvalue weighted by molar-refractivity contribution is 0.102. The molecule has 4 aromatic rings. The van der Waals surface area contributed by atoms with E-state index in [-0.39, 0.29) is 17.0 Å². The summed E-state index contributed by atoms with van der Waals surface area (Å²) >= 11 is 4.99.